The first-order valence-corrected chi connectivity index (χ1v) is 15.7. The summed E-state index contributed by atoms with van der Waals surface area (Å²) in [6, 6.07) is 12.0. The maximum atomic E-state index is 13.9. The summed E-state index contributed by atoms with van der Waals surface area (Å²) >= 11 is 6.15. The van der Waals surface area contributed by atoms with E-state index in [2.05, 4.69) is 19.2 Å². The number of carbonyl (C=O) groups excluding carboxylic acids is 5. The van der Waals surface area contributed by atoms with Gasteiger partial charge < -0.3 is 14.7 Å². The third kappa shape index (κ3) is 4.91. The van der Waals surface area contributed by atoms with Gasteiger partial charge in [0.25, 0.3) is 11.8 Å². The minimum absolute atomic E-state index is 0.0559. The largest absolute Gasteiger partial charge is 0.335 e. The van der Waals surface area contributed by atoms with Gasteiger partial charge in [-0.15, -0.1) is 0 Å². The molecule has 4 saturated heterocycles. The van der Waals surface area contributed by atoms with Crippen LogP contribution in [0.3, 0.4) is 0 Å². The summed E-state index contributed by atoms with van der Waals surface area (Å²) in [6.45, 7) is 5.69. The van der Waals surface area contributed by atoms with Crippen molar-refractivity contribution in [3.63, 3.8) is 0 Å². The lowest BCUT2D eigenvalue weighted by Gasteiger charge is -2.56. The zero-order valence-corrected chi connectivity index (χ0v) is 25.7. The molecule has 10 heteroatoms. The Labute approximate surface area is 261 Å². The number of rotatable bonds is 4. The normalized spacial score (nSPS) is 25.9. The van der Waals surface area contributed by atoms with Gasteiger partial charge in [-0.1, -0.05) is 37.6 Å². The van der Waals surface area contributed by atoms with Crippen LogP contribution in [0.2, 0.25) is 5.02 Å². The molecule has 1 N–H and O–H groups in total. The van der Waals surface area contributed by atoms with E-state index in [1.807, 2.05) is 34.1 Å². The van der Waals surface area contributed by atoms with E-state index in [9.17, 15) is 24.0 Å². The highest BCUT2D eigenvalue weighted by atomic mass is 35.5. The van der Waals surface area contributed by atoms with Crippen molar-refractivity contribution in [2.24, 2.45) is 5.41 Å². The molecule has 4 fully saturated rings. The van der Waals surface area contributed by atoms with Crippen molar-refractivity contribution in [3.05, 3.63) is 75.3 Å². The van der Waals surface area contributed by atoms with Gasteiger partial charge in [0, 0.05) is 47.8 Å². The Kier molecular flexibility index (Phi) is 6.92. The van der Waals surface area contributed by atoms with Gasteiger partial charge in [-0.2, -0.15) is 0 Å². The highest BCUT2D eigenvalue weighted by molar-refractivity contribution is 6.30. The smallest absolute Gasteiger partial charge is 0.255 e. The van der Waals surface area contributed by atoms with Crippen LogP contribution in [-0.2, 0) is 20.9 Å². The fourth-order valence-electron chi connectivity index (χ4n) is 7.61. The van der Waals surface area contributed by atoms with Crippen LogP contribution in [0.25, 0.3) is 5.57 Å². The third-order valence-electron chi connectivity index (χ3n) is 10.0. The van der Waals surface area contributed by atoms with Crippen LogP contribution in [0, 0.1) is 5.41 Å². The number of fused-ring (bicyclic) bond motifs is 3. The van der Waals surface area contributed by atoms with Crippen LogP contribution >= 0.6 is 11.6 Å². The minimum atomic E-state index is -0.699. The average Bonchev–Trinajstić information content (AvgIpc) is 3.32. The van der Waals surface area contributed by atoms with Gasteiger partial charge in [0.1, 0.15) is 6.04 Å². The van der Waals surface area contributed by atoms with Gasteiger partial charge in [0.05, 0.1) is 12.1 Å². The van der Waals surface area contributed by atoms with E-state index in [0.29, 0.717) is 41.2 Å². The molecule has 5 amide bonds. The molecule has 8 rings (SSSR count). The molecule has 6 aliphatic rings. The molecule has 44 heavy (non-hydrogen) atoms. The van der Waals surface area contributed by atoms with Crippen molar-refractivity contribution in [2.45, 2.75) is 77.0 Å². The van der Waals surface area contributed by atoms with E-state index in [1.165, 1.54) is 4.90 Å². The zero-order valence-electron chi connectivity index (χ0n) is 24.9. The zero-order chi connectivity index (χ0) is 30.9. The molecule has 2 aromatic rings. The lowest BCUT2D eigenvalue weighted by Crippen LogP contribution is -2.70. The summed E-state index contributed by atoms with van der Waals surface area (Å²) in [7, 11) is 0. The molecular weight excluding hydrogens is 580 g/mol. The number of nitrogens with one attached hydrogen (secondary N) is 1. The van der Waals surface area contributed by atoms with E-state index in [0.717, 1.165) is 42.4 Å². The molecule has 0 radical (unpaired) electrons. The monoisotopic (exact) mass is 614 g/mol. The number of hydrogen-bond acceptors (Lipinski definition) is 5. The Morgan fingerprint density at radius 3 is 2.39 bits per heavy atom. The molecule has 0 saturated carbocycles. The van der Waals surface area contributed by atoms with Gasteiger partial charge >= 0.3 is 0 Å². The molecule has 2 aromatic carbocycles. The number of nitrogens with zero attached hydrogens (tertiary/aromatic N) is 3. The van der Waals surface area contributed by atoms with Crippen molar-refractivity contribution >= 4 is 46.7 Å². The first-order chi connectivity index (χ1) is 21.0. The Morgan fingerprint density at radius 2 is 1.68 bits per heavy atom. The molecular formula is C34H35ClN4O5. The first-order valence-electron chi connectivity index (χ1n) is 15.4. The average molecular weight is 615 g/mol. The molecule has 228 valence electrons. The van der Waals surface area contributed by atoms with Crippen LogP contribution in [0.5, 0.6) is 0 Å². The Bertz CT molecular complexity index is 1640. The van der Waals surface area contributed by atoms with Crippen LogP contribution < -0.4 is 5.32 Å². The SMILES string of the molecule is CC1(C)CCC(C(=O)N2CC3CC(C2)N3C(=O)c2ccc3c(c2)CN(C2CCC(=O)NC2=O)C3=O)=C(c2ccc(Cl)cc2)C1. The predicted octanol–water partition coefficient (Wildman–Crippen LogP) is 4.19. The van der Waals surface area contributed by atoms with Crippen molar-refractivity contribution in [3.8, 4) is 0 Å². The second-order valence-electron chi connectivity index (χ2n) is 13.5. The van der Waals surface area contributed by atoms with Crippen LogP contribution in [0.1, 0.15) is 84.2 Å². The van der Waals surface area contributed by atoms with E-state index < -0.39 is 11.9 Å². The highest BCUT2D eigenvalue weighted by Gasteiger charge is 2.49. The number of carbonyl (C=O) groups is 5. The highest BCUT2D eigenvalue weighted by Crippen LogP contribution is 2.44. The van der Waals surface area contributed by atoms with Crippen LogP contribution in [-0.4, -0.2) is 75.5 Å². The number of hydrogen-bond donors (Lipinski definition) is 1. The molecule has 0 aromatic heterocycles. The van der Waals surface area contributed by atoms with Crippen LogP contribution in [0.15, 0.2) is 48.0 Å². The van der Waals surface area contributed by atoms with E-state index >= 15 is 0 Å². The lowest BCUT2D eigenvalue weighted by molar-refractivity contribution is -0.137. The summed E-state index contributed by atoms with van der Waals surface area (Å²) in [6.07, 6.45) is 3.83. The van der Waals surface area contributed by atoms with Gasteiger partial charge in [0.2, 0.25) is 17.7 Å². The Balaban J connectivity index is 1.06. The summed E-state index contributed by atoms with van der Waals surface area (Å²) in [5.41, 5.74) is 4.78. The number of allylic oxidation sites excluding steroid dienone is 1. The van der Waals surface area contributed by atoms with Gasteiger partial charge in [-0.05, 0) is 84.6 Å². The molecule has 2 bridgehead atoms. The predicted molar refractivity (Wildman–Crippen MR) is 163 cm³/mol. The molecule has 9 nitrogen and oxygen atoms in total. The van der Waals surface area contributed by atoms with Gasteiger partial charge in [0.15, 0.2) is 0 Å². The number of halogens is 1. The molecule has 5 aliphatic heterocycles. The number of piperidine rings is 2. The van der Waals surface area contributed by atoms with Crippen molar-refractivity contribution in [1.82, 2.24) is 20.0 Å². The van der Waals surface area contributed by atoms with E-state index in [4.69, 9.17) is 11.6 Å². The second kappa shape index (κ2) is 10.6. The van der Waals surface area contributed by atoms with E-state index in [-0.39, 0.29) is 54.1 Å². The Morgan fingerprint density at radius 1 is 0.955 bits per heavy atom. The fraction of sp³-hybridized carbons (Fsp3) is 0.441. The summed E-state index contributed by atoms with van der Waals surface area (Å²) < 4.78 is 0. The molecule has 0 spiro atoms. The van der Waals surface area contributed by atoms with E-state index in [1.54, 1.807) is 18.2 Å². The number of imide groups is 1. The van der Waals surface area contributed by atoms with Gasteiger partial charge in [-0.3, -0.25) is 29.3 Å². The Hall–Kier alpha value is -3.98. The standard InChI is InChI=1S/C34H35ClN4O5/c1-34(2)12-11-26(27(15-34)19-3-6-22(35)7-4-19)32(43)37-17-23-14-24(18-37)39(23)31(42)20-5-8-25-21(13-20)16-38(33(25)44)28-9-10-29(40)36-30(28)41/h3-8,13,23-24,28H,9-12,14-18H2,1-2H3,(H,36,40,41). The van der Waals surface area contributed by atoms with Crippen LogP contribution in [0.4, 0.5) is 0 Å². The third-order valence-corrected chi connectivity index (χ3v) is 10.3. The topological polar surface area (TPSA) is 107 Å². The molecule has 3 unspecified atom stereocenters. The minimum Gasteiger partial charge on any atom is -0.335 e. The maximum Gasteiger partial charge on any atom is 0.255 e. The molecule has 5 heterocycles. The van der Waals surface area contributed by atoms with Gasteiger partial charge in [-0.25, -0.2) is 0 Å². The van der Waals surface area contributed by atoms with Crippen molar-refractivity contribution in [1.29, 1.82) is 0 Å². The van der Waals surface area contributed by atoms with Crippen molar-refractivity contribution < 1.29 is 24.0 Å². The first kappa shape index (κ1) is 28.8. The molecule has 1 aliphatic carbocycles. The number of benzene rings is 2. The second-order valence-corrected chi connectivity index (χ2v) is 14.0. The molecule has 3 atom stereocenters. The summed E-state index contributed by atoms with van der Waals surface area (Å²) in [4.78, 5) is 70.0. The summed E-state index contributed by atoms with van der Waals surface area (Å²) in [5, 5.41) is 2.98. The maximum absolute atomic E-state index is 13.9. The summed E-state index contributed by atoms with van der Waals surface area (Å²) in [5.74, 6) is -1.09. The number of piperazine rings is 1. The number of amides is 5. The lowest BCUT2D eigenvalue weighted by atomic mass is 9.72. The fourth-order valence-corrected chi connectivity index (χ4v) is 7.73. The quantitative estimate of drug-likeness (QED) is 0.520. The van der Waals surface area contributed by atoms with Crippen molar-refractivity contribution in [2.75, 3.05) is 13.1 Å².